The summed E-state index contributed by atoms with van der Waals surface area (Å²) in [4.78, 5) is 6.57. The molecule has 16 heavy (non-hydrogen) atoms. The Hall–Kier alpha value is -0.920. The maximum atomic E-state index is 11.9. The summed E-state index contributed by atoms with van der Waals surface area (Å²) in [6.45, 7) is 4.16. The number of hydrogen-bond acceptors (Lipinski definition) is 4. The fourth-order valence-corrected chi connectivity index (χ4v) is 2.99. The van der Waals surface area contributed by atoms with Gasteiger partial charge in [-0.15, -0.1) is 0 Å². The second kappa shape index (κ2) is 4.15. The maximum Gasteiger partial charge on any atom is 0.257 e. The zero-order valence-corrected chi connectivity index (χ0v) is 10.0. The molecule has 2 rings (SSSR count). The van der Waals surface area contributed by atoms with Crippen LogP contribution in [0.25, 0.3) is 0 Å². The van der Waals surface area contributed by atoms with E-state index in [1.54, 1.807) is 6.92 Å². The second-order valence-corrected chi connectivity index (χ2v) is 5.61. The van der Waals surface area contributed by atoms with Crippen LogP contribution in [0.1, 0.15) is 19.2 Å². The van der Waals surface area contributed by atoms with Crippen molar-refractivity contribution >= 4 is 10.0 Å². The predicted molar refractivity (Wildman–Crippen MR) is 57.5 cm³/mol. The Morgan fingerprint density at radius 2 is 2.38 bits per heavy atom. The summed E-state index contributed by atoms with van der Waals surface area (Å²) in [5, 5.41) is 0.101. The maximum absolute atomic E-state index is 11.9. The van der Waals surface area contributed by atoms with E-state index in [1.165, 1.54) is 6.20 Å². The monoisotopic (exact) mass is 245 g/mol. The van der Waals surface area contributed by atoms with Gasteiger partial charge >= 0.3 is 0 Å². The van der Waals surface area contributed by atoms with E-state index < -0.39 is 10.0 Å². The highest BCUT2D eigenvalue weighted by Gasteiger charge is 2.29. The Balaban J connectivity index is 2.14. The number of rotatable bonds is 3. The summed E-state index contributed by atoms with van der Waals surface area (Å²) in [5.74, 6) is 0.580. The largest absolute Gasteiger partial charge is 0.377 e. The number of nitrogens with zero attached hydrogens (tertiary/aromatic N) is 1. The molecule has 6 nitrogen and oxygen atoms in total. The van der Waals surface area contributed by atoms with Gasteiger partial charge in [0.1, 0.15) is 5.82 Å². The molecule has 1 aromatic rings. The van der Waals surface area contributed by atoms with Crippen LogP contribution < -0.4 is 4.72 Å². The van der Waals surface area contributed by atoms with Gasteiger partial charge in [-0.25, -0.2) is 18.1 Å². The molecule has 0 amide bonds. The van der Waals surface area contributed by atoms with Gasteiger partial charge in [0.15, 0.2) is 5.03 Å². The summed E-state index contributed by atoms with van der Waals surface area (Å²) in [7, 11) is -3.50. The molecule has 0 bridgehead atoms. The molecule has 2 N–H and O–H groups in total. The lowest BCUT2D eigenvalue weighted by Crippen LogP contribution is -2.39. The normalized spacial score (nSPS) is 26.1. The average Bonchev–Trinajstić information content (AvgIpc) is 2.77. The third-order valence-corrected chi connectivity index (χ3v) is 4.05. The molecule has 0 spiro atoms. The molecule has 0 radical (unpaired) electrons. The van der Waals surface area contributed by atoms with E-state index in [2.05, 4.69) is 14.7 Å². The van der Waals surface area contributed by atoms with Crippen molar-refractivity contribution in [3.05, 3.63) is 12.0 Å². The molecule has 0 aromatic carbocycles. The van der Waals surface area contributed by atoms with Crippen molar-refractivity contribution in [2.45, 2.75) is 37.4 Å². The number of hydrogen-bond donors (Lipinski definition) is 2. The molecule has 2 heterocycles. The lowest BCUT2D eigenvalue weighted by atomic mass is 10.2. The van der Waals surface area contributed by atoms with Gasteiger partial charge in [-0.05, 0) is 20.3 Å². The van der Waals surface area contributed by atoms with Crippen LogP contribution in [-0.2, 0) is 14.8 Å². The number of aromatic amines is 1. The van der Waals surface area contributed by atoms with Gasteiger partial charge in [-0.1, -0.05) is 0 Å². The van der Waals surface area contributed by atoms with Gasteiger partial charge < -0.3 is 9.72 Å². The molecule has 1 aromatic heterocycles. The van der Waals surface area contributed by atoms with E-state index in [4.69, 9.17) is 4.74 Å². The Morgan fingerprint density at radius 1 is 1.62 bits per heavy atom. The third kappa shape index (κ3) is 2.26. The second-order valence-electron chi connectivity index (χ2n) is 3.93. The van der Waals surface area contributed by atoms with Crippen LogP contribution in [0.4, 0.5) is 0 Å². The number of aromatic nitrogens is 2. The zero-order chi connectivity index (χ0) is 11.8. The minimum Gasteiger partial charge on any atom is -0.377 e. The minimum atomic E-state index is -3.50. The lowest BCUT2D eigenvalue weighted by Gasteiger charge is -2.15. The van der Waals surface area contributed by atoms with Crippen molar-refractivity contribution in [1.29, 1.82) is 0 Å². The fourth-order valence-electron chi connectivity index (χ4n) is 1.68. The first-order chi connectivity index (χ1) is 7.49. The lowest BCUT2D eigenvalue weighted by molar-refractivity contribution is 0.117. The molecule has 1 aliphatic heterocycles. The minimum absolute atomic E-state index is 0.0845. The van der Waals surface area contributed by atoms with Crippen molar-refractivity contribution in [2.75, 3.05) is 6.61 Å². The highest BCUT2D eigenvalue weighted by Crippen LogP contribution is 2.15. The van der Waals surface area contributed by atoms with Gasteiger partial charge in [0, 0.05) is 6.61 Å². The molecule has 2 atom stereocenters. The van der Waals surface area contributed by atoms with E-state index in [0.717, 1.165) is 0 Å². The molecule has 1 saturated heterocycles. The molecule has 0 aliphatic carbocycles. The average molecular weight is 245 g/mol. The van der Waals surface area contributed by atoms with Crippen LogP contribution in [-0.4, -0.2) is 37.1 Å². The zero-order valence-electron chi connectivity index (χ0n) is 9.23. The number of nitrogens with one attached hydrogen (secondary N) is 2. The Morgan fingerprint density at radius 3 is 2.88 bits per heavy atom. The van der Waals surface area contributed by atoms with E-state index >= 15 is 0 Å². The molecule has 0 saturated carbocycles. The van der Waals surface area contributed by atoms with E-state index in [9.17, 15) is 8.42 Å². The van der Waals surface area contributed by atoms with E-state index in [-0.39, 0.29) is 17.2 Å². The Bertz CT molecular complexity index is 468. The van der Waals surface area contributed by atoms with E-state index in [1.807, 2.05) is 6.92 Å². The van der Waals surface area contributed by atoms with E-state index in [0.29, 0.717) is 18.9 Å². The Kier molecular flexibility index (Phi) is 3.00. The van der Waals surface area contributed by atoms with Crippen molar-refractivity contribution in [3.63, 3.8) is 0 Å². The number of H-pyrrole nitrogens is 1. The predicted octanol–water partition coefficient (Wildman–Crippen LogP) is 0.174. The van der Waals surface area contributed by atoms with Crippen LogP contribution in [0.2, 0.25) is 0 Å². The summed E-state index contributed by atoms with van der Waals surface area (Å²) in [5.41, 5.74) is 0. The molecule has 7 heteroatoms. The van der Waals surface area contributed by atoms with Crippen molar-refractivity contribution < 1.29 is 13.2 Å². The molecule has 1 aliphatic rings. The van der Waals surface area contributed by atoms with Crippen LogP contribution >= 0.6 is 0 Å². The van der Waals surface area contributed by atoms with Gasteiger partial charge in [-0.2, -0.15) is 0 Å². The van der Waals surface area contributed by atoms with Crippen LogP contribution in [0.5, 0.6) is 0 Å². The standard InChI is InChI=1S/C9H15N3O3S/c1-6-8(3-4-15-6)12-16(13,14)9-5-10-7(2)11-9/h5-6,8,12H,3-4H2,1-2H3,(H,10,11). The first-order valence-corrected chi connectivity index (χ1v) is 6.63. The number of aryl methyl sites for hydroxylation is 1. The van der Waals surface area contributed by atoms with Crippen molar-refractivity contribution in [2.24, 2.45) is 0 Å². The molecular formula is C9H15N3O3S. The van der Waals surface area contributed by atoms with Crippen molar-refractivity contribution in [3.8, 4) is 0 Å². The molecular weight excluding hydrogens is 230 g/mol. The number of imidazole rings is 1. The van der Waals surface area contributed by atoms with Crippen LogP contribution in [0.3, 0.4) is 0 Å². The highest BCUT2D eigenvalue weighted by molar-refractivity contribution is 7.89. The van der Waals surface area contributed by atoms with Gasteiger partial charge in [-0.3, -0.25) is 0 Å². The topological polar surface area (TPSA) is 84.1 Å². The Labute approximate surface area is 94.5 Å². The van der Waals surface area contributed by atoms with Crippen LogP contribution in [0, 0.1) is 6.92 Å². The van der Waals surface area contributed by atoms with Gasteiger partial charge in [0.2, 0.25) is 0 Å². The first-order valence-electron chi connectivity index (χ1n) is 5.14. The fraction of sp³-hybridized carbons (Fsp3) is 0.667. The molecule has 1 fully saturated rings. The smallest absolute Gasteiger partial charge is 0.257 e. The highest BCUT2D eigenvalue weighted by atomic mass is 32.2. The van der Waals surface area contributed by atoms with Crippen LogP contribution in [0.15, 0.2) is 11.2 Å². The summed E-state index contributed by atoms with van der Waals surface area (Å²) in [6.07, 6.45) is 1.94. The molecule has 90 valence electrons. The van der Waals surface area contributed by atoms with Crippen molar-refractivity contribution in [1.82, 2.24) is 14.7 Å². The first kappa shape index (κ1) is 11.6. The van der Waals surface area contributed by atoms with Gasteiger partial charge in [0.25, 0.3) is 10.0 Å². The quantitative estimate of drug-likeness (QED) is 0.795. The third-order valence-electron chi connectivity index (χ3n) is 2.65. The summed E-state index contributed by atoms with van der Waals surface area (Å²) < 4.78 is 31.7. The van der Waals surface area contributed by atoms with Gasteiger partial charge in [0.05, 0.1) is 18.3 Å². The number of ether oxygens (including phenoxy) is 1. The number of sulfonamides is 1. The summed E-state index contributed by atoms with van der Waals surface area (Å²) >= 11 is 0. The SMILES string of the molecule is Cc1ncc(S(=O)(=O)NC2CCOC2C)[nH]1. The molecule has 2 unspecified atom stereocenters. The summed E-state index contributed by atoms with van der Waals surface area (Å²) in [6, 6.07) is -0.159.